The highest BCUT2D eigenvalue weighted by molar-refractivity contribution is 5.32. The van der Waals surface area contributed by atoms with Gasteiger partial charge in [0, 0.05) is 6.07 Å². The molecule has 0 radical (unpaired) electrons. The van der Waals surface area contributed by atoms with E-state index in [0.29, 0.717) is 5.75 Å². The van der Waals surface area contributed by atoms with Crippen molar-refractivity contribution in [2.75, 3.05) is 6.61 Å². The van der Waals surface area contributed by atoms with E-state index in [2.05, 4.69) is 0 Å². The van der Waals surface area contributed by atoms with Gasteiger partial charge in [0.1, 0.15) is 18.2 Å². The van der Waals surface area contributed by atoms with E-state index < -0.39 is 5.60 Å². The first-order valence-electron chi connectivity index (χ1n) is 5.70. The largest absolute Gasteiger partial charge is 0.490 e. The van der Waals surface area contributed by atoms with Crippen molar-refractivity contribution in [2.45, 2.75) is 38.2 Å². The third kappa shape index (κ3) is 2.53. The van der Waals surface area contributed by atoms with Crippen molar-refractivity contribution in [2.24, 2.45) is 0 Å². The lowest BCUT2D eigenvalue weighted by atomic mass is 10.0. The van der Waals surface area contributed by atoms with Crippen LogP contribution in [0, 0.1) is 12.7 Å². The van der Waals surface area contributed by atoms with Gasteiger partial charge in [0.15, 0.2) is 0 Å². The Morgan fingerprint density at radius 3 is 2.75 bits per heavy atom. The molecule has 1 N–H and O–H groups in total. The topological polar surface area (TPSA) is 29.5 Å². The molecule has 0 saturated heterocycles. The van der Waals surface area contributed by atoms with Gasteiger partial charge < -0.3 is 9.84 Å². The summed E-state index contributed by atoms with van der Waals surface area (Å²) >= 11 is 0. The highest BCUT2D eigenvalue weighted by Crippen LogP contribution is 2.30. The van der Waals surface area contributed by atoms with Gasteiger partial charge >= 0.3 is 0 Å². The zero-order chi connectivity index (χ0) is 11.6. The minimum absolute atomic E-state index is 0.261. The summed E-state index contributed by atoms with van der Waals surface area (Å²) in [6.07, 6.45) is 3.65. The van der Waals surface area contributed by atoms with Gasteiger partial charge in [-0.3, -0.25) is 0 Å². The van der Waals surface area contributed by atoms with E-state index in [1.807, 2.05) is 6.92 Å². The van der Waals surface area contributed by atoms with E-state index in [0.717, 1.165) is 31.2 Å². The number of benzene rings is 1. The molecular weight excluding hydrogens is 207 g/mol. The summed E-state index contributed by atoms with van der Waals surface area (Å²) in [5, 5.41) is 10.1. The highest BCUT2D eigenvalue weighted by Gasteiger charge is 2.32. The van der Waals surface area contributed by atoms with Crippen molar-refractivity contribution in [3.8, 4) is 5.75 Å². The predicted molar refractivity (Wildman–Crippen MR) is 60.0 cm³/mol. The van der Waals surface area contributed by atoms with Gasteiger partial charge in [-0.15, -0.1) is 0 Å². The molecule has 2 nitrogen and oxygen atoms in total. The SMILES string of the molecule is Cc1ccc(F)cc1OCC1(O)CCCC1. The minimum atomic E-state index is -0.710. The lowest BCUT2D eigenvalue weighted by molar-refractivity contribution is 0.00113. The van der Waals surface area contributed by atoms with Crippen LogP contribution in [0.15, 0.2) is 18.2 Å². The van der Waals surface area contributed by atoms with E-state index in [1.54, 1.807) is 6.07 Å². The molecule has 1 aromatic rings. The molecule has 1 aromatic carbocycles. The minimum Gasteiger partial charge on any atom is -0.490 e. The molecule has 0 spiro atoms. The Balaban J connectivity index is 2.01. The molecule has 0 unspecified atom stereocenters. The van der Waals surface area contributed by atoms with Gasteiger partial charge in [0.2, 0.25) is 0 Å². The van der Waals surface area contributed by atoms with Crippen LogP contribution < -0.4 is 4.74 Å². The Bertz CT molecular complexity index is 370. The van der Waals surface area contributed by atoms with Crippen molar-refractivity contribution in [1.82, 2.24) is 0 Å². The fourth-order valence-electron chi connectivity index (χ4n) is 2.12. The first-order chi connectivity index (χ1) is 7.59. The average molecular weight is 224 g/mol. The second-order valence-corrected chi connectivity index (χ2v) is 4.63. The summed E-state index contributed by atoms with van der Waals surface area (Å²) in [5.41, 5.74) is 0.182. The monoisotopic (exact) mass is 224 g/mol. The summed E-state index contributed by atoms with van der Waals surface area (Å²) in [4.78, 5) is 0. The van der Waals surface area contributed by atoms with Gasteiger partial charge in [0.25, 0.3) is 0 Å². The van der Waals surface area contributed by atoms with Crippen LogP contribution in [0.5, 0.6) is 5.75 Å². The average Bonchev–Trinajstić information content (AvgIpc) is 2.67. The van der Waals surface area contributed by atoms with Crippen molar-refractivity contribution in [1.29, 1.82) is 0 Å². The van der Waals surface area contributed by atoms with Crippen LogP contribution in [0.2, 0.25) is 0 Å². The van der Waals surface area contributed by atoms with Crippen LogP contribution in [0.3, 0.4) is 0 Å². The van der Waals surface area contributed by atoms with Crippen LogP contribution >= 0.6 is 0 Å². The smallest absolute Gasteiger partial charge is 0.126 e. The molecule has 16 heavy (non-hydrogen) atoms. The summed E-state index contributed by atoms with van der Waals surface area (Å²) < 4.78 is 18.5. The standard InChI is InChI=1S/C13H17FO2/c1-10-4-5-11(14)8-12(10)16-9-13(15)6-2-3-7-13/h4-5,8,15H,2-3,6-7,9H2,1H3. The maximum atomic E-state index is 13.0. The fourth-order valence-corrected chi connectivity index (χ4v) is 2.12. The molecule has 1 saturated carbocycles. The number of aryl methyl sites for hydroxylation is 1. The summed E-state index contributed by atoms with van der Waals surface area (Å²) in [7, 11) is 0. The van der Waals surface area contributed by atoms with Gasteiger partial charge in [-0.25, -0.2) is 4.39 Å². The van der Waals surface area contributed by atoms with Crippen LogP contribution in [-0.2, 0) is 0 Å². The Morgan fingerprint density at radius 2 is 2.06 bits per heavy atom. The van der Waals surface area contributed by atoms with Crippen LogP contribution in [0.1, 0.15) is 31.2 Å². The van der Waals surface area contributed by atoms with E-state index in [9.17, 15) is 9.50 Å². The highest BCUT2D eigenvalue weighted by atomic mass is 19.1. The molecule has 1 aliphatic carbocycles. The first-order valence-corrected chi connectivity index (χ1v) is 5.70. The van der Waals surface area contributed by atoms with Crippen LogP contribution in [0.25, 0.3) is 0 Å². The van der Waals surface area contributed by atoms with Gasteiger partial charge in [-0.05, 0) is 31.4 Å². The van der Waals surface area contributed by atoms with E-state index in [4.69, 9.17) is 4.74 Å². The van der Waals surface area contributed by atoms with Crippen LogP contribution in [0.4, 0.5) is 4.39 Å². The number of halogens is 1. The Labute approximate surface area is 95.1 Å². The molecule has 0 heterocycles. The lowest BCUT2D eigenvalue weighted by Gasteiger charge is -2.22. The maximum Gasteiger partial charge on any atom is 0.126 e. The molecule has 88 valence electrons. The Hall–Kier alpha value is -1.09. The van der Waals surface area contributed by atoms with Crippen molar-refractivity contribution in [3.63, 3.8) is 0 Å². The summed E-state index contributed by atoms with van der Waals surface area (Å²) in [5.74, 6) is 0.222. The van der Waals surface area contributed by atoms with Gasteiger partial charge in [0.05, 0.1) is 5.60 Å². The number of hydrogen-bond acceptors (Lipinski definition) is 2. The number of aliphatic hydroxyl groups is 1. The third-order valence-electron chi connectivity index (χ3n) is 3.18. The zero-order valence-electron chi connectivity index (χ0n) is 9.50. The molecule has 2 rings (SSSR count). The van der Waals surface area contributed by atoms with Crippen molar-refractivity contribution >= 4 is 0 Å². The predicted octanol–water partition coefficient (Wildman–Crippen LogP) is 2.82. The van der Waals surface area contributed by atoms with E-state index in [-0.39, 0.29) is 12.4 Å². The molecule has 1 fully saturated rings. The molecule has 0 aliphatic heterocycles. The molecule has 1 aliphatic rings. The molecule has 0 atom stereocenters. The quantitative estimate of drug-likeness (QED) is 0.855. The fraction of sp³-hybridized carbons (Fsp3) is 0.538. The van der Waals surface area contributed by atoms with Gasteiger partial charge in [-0.2, -0.15) is 0 Å². The first kappa shape index (κ1) is 11.4. The van der Waals surface area contributed by atoms with E-state index in [1.165, 1.54) is 12.1 Å². The maximum absolute atomic E-state index is 13.0. The van der Waals surface area contributed by atoms with Gasteiger partial charge in [-0.1, -0.05) is 18.9 Å². The van der Waals surface area contributed by atoms with Crippen molar-refractivity contribution in [3.05, 3.63) is 29.6 Å². The molecule has 0 aromatic heterocycles. The molecule has 3 heteroatoms. The Kier molecular flexibility index (Phi) is 3.15. The second-order valence-electron chi connectivity index (χ2n) is 4.63. The number of hydrogen-bond donors (Lipinski definition) is 1. The second kappa shape index (κ2) is 4.42. The van der Waals surface area contributed by atoms with Crippen LogP contribution in [-0.4, -0.2) is 17.3 Å². The Morgan fingerprint density at radius 1 is 1.38 bits per heavy atom. The lowest BCUT2D eigenvalue weighted by Crippen LogP contribution is -2.32. The summed E-state index contributed by atoms with van der Waals surface area (Å²) in [6.45, 7) is 2.13. The number of ether oxygens (including phenoxy) is 1. The molecule has 0 bridgehead atoms. The zero-order valence-corrected chi connectivity index (χ0v) is 9.50. The summed E-state index contributed by atoms with van der Waals surface area (Å²) in [6, 6.07) is 4.46. The normalized spacial score (nSPS) is 18.7. The molecular formula is C13H17FO2. The van der Waals surface area contributed by atoms with Crippen molar-refractivity contribution < 1.29 is 14.2 Å². The molecule has 0 amide bonds. The number of rotatable bonds is 3. The third-order valence-corrected chi connectivity index (χ3v) is 3.18. The van der Waals surface area contributed by atoms with E-state index >= 15 is 0 Å².